The third kappa shape index (κ3) is 4.52. The fraction of sp³-hybridized carbons (Fsp3) is 0.125. The molecule has 0 aliphatic heterocycles. The number of phenolic OH excluding ortho intramolecular Hbond substituents is 1. The minimum Gasteiger partial charge on any atom is -0.506 e. The number of benzene rings is 2. The molecule has 114 valence electrons. The fourth-order valence-corrected chi connectivity index (χ4v) is 1.79. The Morgan fingerprint density at radius 2 is 1.82 bits per heavy atom. The first kappa shape index (κ1) is 15.4. The molecule has 2 aromatic rings. The van der Waals surface area contributed by atoms with Crippen LogP contribution in [0, 0.1) is 0 Å². The van der Waals surface area contributed by atoms with Crippen molar-refractivity contribution in [2.45, 2.75) is 13.5 Å². The minimum atomic E-state index is -0.675. The molecule has 3 N–H and O–H groups in total. The number of carbonyl (C=O) groups excluding carboxylic acids is 2. The van der Waals surface area contributed by atoms with E-state index in [0.717, 1.165) is 5.56 Å². The van der Waals surface area contributed by atoms with E-state index in [0.29, 0.717) is 5.69 Å². The number of carbonyl (C=O) groups is 2. The van der Waals surface area contributed by atoms with Gasteiger partial charge >= 0.3 is 6.09 Å². The maximum absolute atomic E-state index is 11.7. The first-order chi connectivity index (χ1) is 10.5. The van der Waals surface area contributed by atoms with Crippen molar-refractivity contribution in [3.05, 3.63) is 54.1 Å². The van der Waals surface area contributed by atoms with Crippen molar-refractivity contribution in [3.63, 3.8) is 0 Å². The maximum Gasteiger partial charge on any atom is 0.412 e. The lowest BCUT2D eigenvalue weighted by Gasteiger charge is -2.10. The zero-order chi connectivity index (χ0) is 15.9. The van der Waals surface area contributed by atoms with E-state index in [1.807, 2.05) is 30.3 Å². The lowest BCUT2D eigenvalue weighted by Crippen LogP contribution is -2.13. The maximum atomic E-state index is 11.7. The van der Waals surface area contributed by atoms with Gasteiger partial charge in [-0.1, -0.05) is 30.3 Å². The normalized spacial score (nSPS) is 9.86. The number of hydrogen-bond donors (Lipinski definition) is 3. The van der Waals surface area contributed by atoms with Crippen LogP contribution in [0.1, 0.15) is 12.5 Å². The fourth-order valence-electron chi connectivity index (χ4n) is 1.79. The van der Waals surface area contributed by atoms with Crippen molar-refractivity contribution in [2.75, 3.05) is 10.6 Å². The van der Waals surface area contributed by atoms with Crippen LogP contribution in [-0.2, 0) is 16.1 Å². The van der Waals surface area contributed by atoms with Crippen LogP contribution in [0.4, 0.5) is 16.2 Å². The monoisotopic (exact) mass is 300 g/mol. The Morgan fingerprint density at radius 1 is 1.09 bits per heavy atom. The van der Waals surface area contributed by atoms with Gasteiger partial charge in [0.15, 0.2) is 0 Å². The van der Waals surface area contributed by atoms with Crippen molar-refractivity contribution >= 4 is 23.4 Å². The summed E-state index contributed by atoms with van der Waals surface area (Å²) in [5.41, 5.74) is 1.50. The summed E-state index contributed by atoms with van der Waals surface area (Å²) in [6.45, 7) is 1.50. The summed E-state index contributed by atoms with van der Waals surface area (Å²) in [4.78, 5) is 22.6. The molecular formula is C16H16N2O4. The van der Waals surface area contributed by atoms with Gasteiger partial charge in [0.2, 0.25) is 5.91 Å². The number of anilines is 2. The Kier molecular flexibility index (Phi) is 4.98. The summed E-state index contributed by atoms with van der Waals surface area (Å²) < 4.78 is 5.05. The standard InChI is InChI=1S/C16H16N2O4/c1-11(19)17-13-7-8-14(15(20)9-13)18-16(21)22-10-12-5-3-2-4-6-12/h2-9,20H,10H2,1H3,(H,17,19)(H,18,21). The van der Waals surface area contributed by atoms with E-state index >= 15 is 0 Å². The molecular weight excluding hydrogens is 284 g/mol. The highest BCUT2D eigenvalue weighted by Crippen LogP contribution is 2.26. The number of nitrogens with one attached hydrogen (secondary N) is 2. The number of amides is 2. The second kappa shape index (κ2) is 7.12. The topological polar surface area (TPSA) is 87.7 Å². The molecule has 0 bridgehead atoms. The van der Waals surface area contributed by atoms with E-state index in [1.54, 1.807) is 6.07 Å². The van der Waals surface area contributed by atoms with E-state index in [4.69, 9.17) is 4.74 Å². The van der Waals surface area contributed by atoms with E-state index in [-0.39, 0.29) is 24.0 Å². The Morgan fingerprint density at radius 3 is 2.45 bits per heavy atom. The van der Waals surface area contributed by atoms with E-state index in [9.17, 15) is 14.7 Å². The molecule has 0 saturated carbocycles. The zero-order valence-electron chi connectivity index (χ0n) is 12.0. The summed E-state index contributed by atoms with van der Waals surface area (Å²) >= 11 is 0. The van der Waals surface area contributed by atoms with Gasteiger partial charge in [0.25, 0.3) is 0 Å². The lowest BCUT2D eigenvalue weighted by molar-refractivity contribution is -0.114. The third-order valence-electron chi connectivity index (χ3n) is 2.77. The van der Waals surface area contributed by atoms with Crippen molar-refractivity contribution < 1.29 is 19.4 Å². The molecule has 2 amide bonds. The highest BCUT2D eigenvalue weighted by molar-refractivity contribution is 5.91. The van der Waals surface area contributed by atoms with Crippen molar-refractivity contribution in [1.82, 2.24) is 0 Å². The second-order valence-electron chi connectivity index (χ2n) is 4.60. The Balaban J connectivity index is 1.92. The zero-order valence-corrected chi connectivity index (χ0v) is 12.0. The van der Waals surface area contributed by atoms with Gasteiger partial charge in [-0.05, 0) is 17.7 Å². The van der Waals surface area contributed by atoms with E-state index < -0.39 is 6.09 Å². The molecule has 0 aromatic heterocycles. The average molecular weight is 300 g/mol. The Bertz CT molecular complexity index is 671. The molecule has 0 fully saturated rings. The highest BCUT2D eigenvalue weighted by Gasteiger charge is 2.09. The Hall–Kier alpha value is -3.02. The third-order valence-corrected chi connectivity index (χ3v) is 2.77. The summed E-state index contributed by atoms with van der Waals surface area (Å²) in [6, 6.07) is 13.6. The van der Waals surface area contributed by atoms with Crippen LogP contribution in [0.5, 0.6) is 5.75 Å². The first-order valence-corrected chi connectivity index (χ1v) is 6.63. The van der Waals surface area contributed by atoms with Gasteiger partial charge in [-0.2, -0.15) is 0 Å². The average Bonchev–Trinajstić information content (AvgIpc) is 2.48. The van der Waals surface area contributed by atoms with Gasteiger partial charge in [0.05, 0.1) is 5.69 Å². The summed E-state index contributed by atoms with van der Waals surface area (Å²) in [5, 5.41) is 14.8. The number of aromatic hydroxyl groups is 1. The molecule has 0 aliphatic carbocycles. The quantitative estimate of drug-likeness (QED) is 0.757. The minimum absolute atomic E-state index is 0.136. The van der Waals surface area contributed by atoms with Gasteiger partial charge in [0, 0.05) is 18.7 Å². The molecule has 0 atom stereocenters. The summed E-state index contributed by atoms with van der Waals surface area (Å²) in [7, 11) is 0. The van der Waals surface area contributed by atoms with Crippen LogP contribution in [-0.4, -0.2) is 17.1 Å². The van der Waals surface area contributed by atoms with Crippen LogP contribution in [0.25, 0.3) is 0 Å². The summed E-state index contributed by atoms with van der Waals surface area (Å²) in [6.07, 6.45) is -0.675. The van der Waals surface area contributed by atoms with E-state index in [2.05, 4.69) is 10.6 Å². The predicted molar refractivity (Wildman–Crippen MR) is 82.7 cm³/mol. The Labute approximate surface area is 127 Å². The van der Waals surface area contributed by atoms with E-state index in [1.165, 1.54) is 19.1 Å². The smallest absolute Gasteiger partial charge is 0.412 e. The molecule has 2 rings (SSSR count). The molecule has 0 aliphatic rings. The number of hydrogen-bond acceptors (Lipinski definition) is 4. The molecule has 22 heavy (non-hydrogen) atoms. The number of ether oxygens (including phenoxy) is 1. The molecule has 0 unspecified atom stereocenters. The van der Waals surface area contributed by atoms with Crippen LogP contribution in [0.3, 0.4) is 0 Å². The predicted octanol–water partition coefficient (Wildman–Crippen LogP) is 3.10. The van der Waals surface area contributed by atoms with Crippen LogP contribution < -0.4 is 10.6 Å². The van der Waals surface area contributed by atoms with Gasteiger partial charge in [-0.15, -0.1) is 0 Å². The number of rotatable bonds is 4. The molecule has 6 heteroatoms. The molecule has 0 radical (unpaired) electrons. The lowest BCUT2D eigenvalue weighted by atomic mass is 10.2. The van der Waals surface area contributed by atoms with Gasteiger partial charge < -0.3 is 15.2 Å². The first-order valence-electron chi connectivity index (χ1n) is 6.63. The van der Waals surface area contributed by atoms with Crippen LogP contribution in [0.15, 0.2) is 48.5 Å². The molecule has 2 aromatic carbocycles. The largest absolute Gasteiger partial charge is 0.506 e. The van der Waals surface area contributed by atoms with Gasteiger partial charge in [-0.25, -0.2) is 4.79 Å². The van der Waals surface area contributed by atoms with Crippen molar-refractivity contribution in [1.29, 1.82) is 0 Å². The van der Waals surface area contributed by atoms with Crippen LogP contribution >= 0.6 is 0 Å². The van der Waals surface area contributed by atoms with Gasteiger partial charge in [-0.3, -0.25) is 10.1 Å². The molecule has 0 spiro atoms. The molecule has 0 saturated heterocycles. The molecule has 6 nitrogen and oxygen atoms in total. The molecule has 0 heterocycles. The van der Waals surface area contributed by atoms with Gasteiger partial charge in [0.1, 0.15) is 12.4 Å². The number of phenols is 1. The SMILES string of the molecule is CC(=O)Nc1ccc(NC(=O)OCc2ccccc2)c(O)c1. The van der Waals surface area contributed by atoms with Crippen molar-refractivity contribution in [2.24, 2.45) is 0 Å². The highest BCUT2D eigenvalue weighted by atomic mass is 16.5. The second-order valence-corrected chi connectivity index (χ2v) is 4.60. The van der Waals surface area contributed by atoms with Crippen molar-refractivity contribution in [3.8, 4) is 5.75 Å². The van der Waals surface area contributed by atoms with Crippen LogP contribution in [0.2, 0.25) is 0 Å². The summed E-state index contributed by atoms with van der Waals surface area (Å²) in [5.74, 6) is -0.412.